The Kier molecular flexibility index (Phi) is 4.84. The number of carbonyl (C=O) groups is 1. The predicted octanol–water partition coefficient (Wildman–Crippen LogP) is 1.43. The normalized spacial score (nSPS) is 15.5. The fourth-order valence-corrected chi connectivity index (χ4v) is 1.99. The zero-order valence-electron chi connectivity index (χ0n) is 12.4. The maximum Gasteiger partial charge on any atom is 0.246 e. The van der Waals surface area contributed by atoms with Crippen LogP contribution in [0.4, 0.5) is 0 Å². The summed E-state index contributed by atoms with van der Waals surface area (Å²) in [6.07, 6.45) is 9.13. The quantitative estimate of drug-likeness (QED) is 0.736. The van der Waals surface area contributed by atoms with Gasteiger partial charge in [0.05, 0.1) is 11.9 Å². The van der Waals surface area contributed by atoms with Gasteiger partial charge in [-0.05, 0) is 32.4 Å². The van der Waals surface area contributed by atoms with Crippen LogP contribution in [0.5, 0.6) is 0 Å². The first-order valence-corrected chi connectivity index (χ1v) is 6.98. The third-order valence-corrected chi connectivity index (χ3v) is 3.64. The first-order valence-electron chi connectivity index (χ1n) is 6.98. The molecule has 0 aliphatic heterocycles. The van der Waals surface area contributed by atoms with Gasteiger partial charge in [0, 0.05) is 44.6 Å². The molecule has 1 aliphatic carbocycles. The molecule has 5 nitrogen and oxygen atoms in total. The van der Waals surface area contributed by atoms with Crippen LogP contribution in [0, 0.1) is 0 Å². The molecule has 2 rings (SSSR count). The van der Waals surface area contributed by atoms with Gasteiger partial charge in [0.25, 0.3) is 0 Å². The van der Waals surface area contributed by atoms with Crippen molar-refractivity contribution in [1.82, 2.24) is 19.8 Å². The second-order valence-electron chi connectivity index (χ2n) is 5.39. The SMILES string of the molecule is CC(=CC(=O)N(C)CCN(C)C1CC1)c1cnccn1. The molecule has 5 heteroatoms. The summed E-state index contributed by atoms with van der Waals surface area (Å²) in [4.78, 5) is 24.4. The van der Waals surface area contributed by atoms with E-state index in [0.717, 1.165) is 30.4 Å². The van der Waals surface area contributed by atoms with Gasteiger partial charge in [-0.3, -0.25) is 14.8 Å². The van der Waals surface area contributed by atoms with E-state index in [1.165, 1.54) is 12.8 Å². The Morgan fingerprint density at radius 3 is 2.70 bits per heavy atom. The van der Waals surface area contributed by atoms with Crippen LogP contribution in [0.1, 0.15) is 25.5 Å². The van der Waals surface area contributed by atoms with Crippen LogP contribution in [0.25, 0.3) is 5.57 Å². The van der Waals surface area contributed by atoms with Gasteiger partial charge in [-0.15, -0.1) is 0 Å². The summed E-state index contributed by atoms with van der Waals surface area (Å²) < 4.78 is 0. The summed E-state index contributed by atoms with van der Waals surface area (Å²) in [6.45, 7) is 3.55. The van der Waals surface area contributed by atoms with E-state index in [1.54, 1.807) is 29.6 Å². The molecule has 1 heterocycles. The number of aromatic nitrogens is 2. The van der Waals surface area contributed by atoms with Crippen molar-refractivity contribution in [2.75, 3.05) is 27.2 Å². The van der Waals surface area contributed by atoms with Crippen LogP contribution in [-0.2, 0) is 4.79 Å². The number of carbonyl (C=O) groups excluding carboxylic acids is 1. The Morgan fingerprint density at radius 1 is 1.35 bits per heavy atom. The lowest BCUT2D eigenvalue weighted by Gasteiger charge is -2.21. The third kappa shape index (κ3) is 4.13. The molecular weight excluding hydrogens is 252 g/mol. The van der Waals surface area contributed by atoms with Crippen LogP contribution in [0.2, 0.25) is 0 Å². The molecule has 1 aliphatic rings. The van der Waals surface area contributed by atoms with Crippen molar-refractivity contribution in [3.05, 3.63) is 30.4 Å². The molecule has 0 unspecified atom stereocenters. The zero-order chi connectivity index (χ0) is 14.5. The number of nitrogens with zero attached hydrogens (tertiary/aromatic N) is 4. The van der Waals surface area contributed by atoms with Crippen molar-refractivity contribution in [1.29, 1.82) is 0 Å². The van der Waals surface area contributed by atoms with Gasteiger partial charge in [0.15, 0.2) is 0 Å². The van der Waals surface area contributed by atoms with Gasteiger partial charge in [0.1, 0.15) is 0 Å². The third-order valence-electron chi connectivity index (χ3n) is 3.64. The van der Waals surface area contributed by atoms with E-state index in [9.17, 15) is 4.79 Å². The Hall–Kier alpha value is -1.75. The maximum atomic E-state index is 12.1. The summed E-state index contributed by atoms with van der Waals surface area (Å²) >= 11 is 0. The molecule has 1 amide bonds. The van der Waals surface area contributed by atoms with Crippen LogP contribution >= 0.6 is 0 Å². The number of rotatable bonds is 6. The highest BCUT2D eigenvalue weighted by Crippen LogP contribution is 2.24. The summed E-state index contributed by atoms with van der Waals surface area (Å²) in [5.41, 5.74) is 1.58. The number of hydrogen-bond acceptors (Lipinski definition) is 4. The molecule has 1 aromatic heterocycles. The first kappa shape index (κ1) is 14.7. The molecule has 0 spiro atoms. The van der Waals surface area contributed by atoms with Crippen LogP contribution in [0.3, 0.4) is 0 Å². The second-order valence-corrected chi connectivity index (χ2v) is 5.39. The molecule has 1 aromatic rings. The minimum Gasteiger partial charge on any atom is -0.341 e. The fourth-order valence-electron chi connectivity index (χ4n) is 1.99. The first-order chi connectivity index (χ1) is 9.58. The molecule has 0 radical (unpaired) electrons. The maximum absolute atomic E-state index is 12.1. The van der Waals surface area contributed by atoms with Crippen LogP contribution in [0.15, 0.2) is 24.7 Å². The molecule has 0 N–H and O–H groups in total. The lowest BCUT2D eigenvalue weighted by Crippen LogP contribution is -2.34. The van der Waals surface area contributed by atoms with Crippen molar-refractivity contribution < 1.29 is 4.79 Å². The lowest BCUT2D eigenvalue weighted by molar-refractivity contribution is -0.124. The molecule has 0 saturated heterocycles. The molecule has 20 heavy (non-hydrogen) atoms. The second kappa shape index (κ2) is 6.61. The summed E-state index contributed by atoms with van der Waals surface area (Å²) in [5.74, 6) is 0.0114. The smallest absolute Gasteiger partial charge is 0.246 e. The van der Waals surface area contributed by atoms with E-state index in [-0.39, 0.29) is 5.91 Å². The number of amides is 1. The lowest BCUT2D eigenvalue weighted by atomic mass is 10.2. The van der Waals surface area contributed by atoms with Crippen molar-refractivity contribution in [3.8, 4) is 0 Å². The van der Waals surface area contributed by atoms with Crippen molar-refractivity contribution >= 4 is 11.5 Å². The fraction of sp³-hybridized carbons (Fsp3) is 0.533. The van der Waals surface area contributed by atoms with E-state index in [1.807, 2.05) is 14.0 Å². The van der Waals surface area contributed by atoms with E-state index < -0.39 is 0 Å². The number of allylic oxidation sites excluding steroid dienone is 1. The molecule has 1 saturated carbocycles. The van der Waals surface area contributed by atoms with E-state index in [2.05, 4.69) is 21.9 Å². The average molecular weight is 274 g/mol. The van der Waals surface area contributed by atoms with E-state index >= 15 is 0 Å². The summed E-state index contributed by atoms with van der Waals surface area (Å²) in [7, 11) is 3.96. The molecule has 0 atom stereocenters. The van der Waals surface area contributed by atoms with Gasteiger partial charge in [0.2, 0.25) is 5.91 Å². The molecule has 0 bridgehead atoms. The highest BCUT2D eigenvalue weighted by molar-refractivity contribution is 5.94. The van der Waals surface area contributed by atoms with Crippen LogP contribution < -0.4 is 0 Å². The Bertz CT molecular complexity index is 482. The monoisotopic (exact) mass is 274 g/mol. The van der Waals surface area contributed by atoms with Gasteiger partial charge < -0.3 is 9.80 Å². The molecular formula is C15H22N4O. The molecule has 1 fully saturated rings. The minimum absolute atomic E-state index is 0.0114. The minimum atomic E-state index is 0.0114. The number of likely N-dealkylation sites (N-methyl/N-ethyl adjacent to an activating group) is 2. The standard InChI is InChI=1S/C15H22N4O/c1-12(14-11-16-6-7-17-14)10-15(20)19(3)9-8-18(2)13-4-5-13/h6-7,10-11,13H,4-5,8-9H2,1-3H3. The van der Waals surface area contributed by atoms with Gasteiger partial charge >= 0.3 is 0 Å². The zero-order valence-corrected chi connectivity index (χ0v) is 12.4. The Balaban J connectivity index is 1.86. The highest BCUT2D eigenvalue weighted by Gasteiger charge is 2.25. The largest absolute Gasteiger partial charge is 0.341 e. The predicted molar refractivity (Wildman–Crippen MR) is 79.0 cm³/mol. The van der Waals surface area contributed by atoms with E-state index in [0.29, 0.717) is 0 Å². The van der Waals surface area contributed by atoms with Crippen molar-refractivity contribution in [2.45, 2.75) is 25.8 Å². The van der Waals surface area contributed by atoms with Crippen molar-refractivity contribution in [2.24, 2.45) is 0 Å². The highest BCUT2D eigenvalue weighted by atomic mass is 16.2. The molecule has 0 aromatic carbocycles. The van der Waals surface area contributed by atoms with Gasteiger partial charge in [-0.25, -0.2) is 0 Å². The Morgan fingerprint density at radius 2 is 2.10 bits per heavy atom. The average Bonchev–Trinajstić information content (AvgIpc) is 3.29. The van der Waals surface area contributed by atoms with Gasteiger partial charge in [-0.2, -0.15) is 0 Å². The summed E-state index contributed by atoms with van der Waals surface area (Å²) in [5, 5.41) is 0. The van der Waals surface area contributed by atoms with Crippen molar-refractivity contribution in [3.63, 3.8) is 0 Å². The Labute approximate surface area is 120 Å². The topological polar surface area (TPSA) is 49.3 Å². The number of hydrogen-bond donors (Lipinski definition) is 0. The summed E-state index contributed by atoms with van der Waals surface area (Å²) in [6, 6.07) is 0.732. The van der Waals surface area contributed by atoms with Gasteiger partial charge in [-0.1, -0.05) is 0 Å². The molecule has 108 valence electrons. The van der Waals surface area contributed by atoms with E-state index in [4.69, 9.17) is 0 Å². The van der Waals surface area contributed by atoms with Crippen LogP contribution in [-0.4, -0.2) is 58.9 Å².